The highest BCUT2D eigenvalue weighted by Gasteiger charge is 2.07. The van der Waals surface area contributed by atoms with E-state index in [1.54, 1.807) is 12.1 Å². The molecule has 2 rings (SSSR count). The SMILES string of the molecule is Cc1ccc(NC(=O)c2ccc(C(N)=O)cc2)cc1. The van der Waals surface area contributed by atoms with Crippen molar-refractivity contribution in [3.05, 3.63) is 65.2 Å². The van der Waals surface area contributed by atoms with Gasteiger partial charge in [-0.2, -0.15) is 0 Å². The second-order valence-corrected chi connectivity index (χ2v) is 4.26. The lowest BCUT2D eigenvalue weighted by Crippen LogP contribution is -2.14. The van der Waals surface area contributed by atoms with Crippen LogP contribution in [0.4, 0.5) is 5.69 Å². The van der Waals surface area contributed by atoms with Crippen molar-refractivity contribution in [2.24, 2.45) is 5.73 Å². The van der Waals surface area contributed by atoms with Gasteiger partial charge in [0.05, 0.1) is 0 Å². The average Bonchev–Trinajstić information content (AvgIpc) is 2.41. The smallest absolute Gasteiger partial charge is 0.255 e. The number of rotatable bonds is 3. The Morgan fingerprint density at radius 1 is 0.895 bits per heavy atom. The second kappa shape index (κ2) is 5.35. The van der Waals surface area contributed by atoms with Crippen molar-refractivity contribution >= 4 is 17.5 Å². The van der Waals surface area contributed by atoms with Gasteiger partial charge in [0.25, 0.3) is 5.91 Å². The minimum atomic E-state index is -0.509. The highest BCUT2D eigenvalue weighted by Crippen LogP contribution is 2.11. The van der Waals surface area contributed by atoms with Gasteiger partial charge in [0.1, 0.15) is 0 Å². The van der Waals surface area contributed by atoms with E-state index in [4.69, 9.17) is 5.73 Å². The monoisotopic (exact) mass is 254 g/mol. The largest absolute Gasteiger partial charge is 0.366 e. The summed E-state index contributed by atoms with van der Waals surface area (Å²) in [4.78, 5) is 22.9. The molecule has 0 aliphatic heterocycles. The summed E-state index contributed by atoms with van der Waals surface area (Å²) in [6.45, 7) is 1.98. The van der Waals surface area contributed by atoms with Crippen LogP contribution in [0, 0.1) is 6.92 Å². The van der Waals surface area contributed by atoms with E-state index in [2.05, 4.69) is 5.32 Å². The van der Waals surface area contributed by atoms with E-state index in [0.717, 1.165) is 11.3 Å². The summed E-state index contributed by atoms with van der Waals surface area (Å²) in [6.07, 6.45) is 0. The Hall–Kier alpha value is -2.62. The van der Waals surface area contributed by atoms with Gasteiger partial charge in [-0.3, -0.25) is 9.59 Å². The van der Waals surface area contributed by atoms with Crippen molar-refractivity contribution in [3.8, 4) is 0 Å². The van der Waals surface area contributed by atoms with E-state index >= 15 is 0 Å². The third kappa shape index (κ3) is 3.19. The number of carbonyl (C=O) groups excluding carboxylic acids is 2. The van der Waals surface area contributed by atoms with Crippen molar-refractivity contribution in [3.63, 3.8) is 0 Å². The molecule has 2 aromatic carbocycles. The number of benzene rings is 2. The number of nitrogens with one attached hydrogen (secondary N) is 1. The molecule has 0 unspecified atom stereocenters. The highest BCUT2D eigenvalue weighted by atomic mass is 16.2. The number of hydrogen-bond acceptors (Lipinski definition) is 2. The number of hydrogen-bond donors (Lipinski definition) is 2. The molecule has 0 atom stereocenters. The van der Waals surface area contributed by atoms with Crippen LogP contribution in [0.2, 0.25) is 0 Å². The Morgan fingerprint density at radius 3 is 1.95 bits per heavy atom. The molecule has 4 nitrogen and oxygen atoms in total. The van der Waals surface area contributed by atoms with Gasteiger partial charge in [0, 0.05) is 16.8 Å². The van der Waals surface area contributed by atoms with Gasteiger partial charge in [-0.25, -0.2) is 0 Å². The van der Waals surface area contributed by atoms with Crippen LogP contribution in [0.1, 0.15) is 26.3 Å². The van der Waals surface area contributed by atoms with Gasteiger partial charge in [-0.05, 0) is 43.3 Å². The van der Waals surface area contributed by atoms with E-state index in [1.165, 1.54) is 12.1 Å². The number of amides is 2. The van der Waals surface area contributed by atoms with Crippen LogP contribution >= 0.6 is 0 Å². The molecule has 2 amide bonds. The maximum absolute atomic E-state index is 12.0. The van der Waals surface area contributed by atoms with E-state index in [9.17, 15) is 9.59 Å². The second-order valence-electron chi connectivity index (χ2n) is 4.26. The van der Waals surface area contributed by atoms with Crippen LogP contribution in [0.3, 0.4) is 0 Å². The fourth-order valence-corrected chi connectivity index (χ4v) is 1.63. The first kappa shape index (κ1) is 12.8. The first-order valence-corrected chi connectivity index (χ1v) is 5.84. The zero-order valence-electron chi connectivity index (χ0n) is 10.5. The van der Waals surface area contributed by atoms with Crippen molar-refractivity contribution in [1.82, 2.24) is 0 Å². The van der Waals surface area contributed by atoms with Gasteiger partial charge in [-0.15, -0.1) is 0 Å². The molecule has 0 aliphatic carbocycles. The number of primary amides is 1. The summed E-state index contributed by atoms with van der Waals surface area (Å²) in [5.41, 5.74) is 7.86. The lowest BCUT2D eigenvalue weighted by Gasteiger charge is -2.06. The third-order valence-electron chi connectivity index (χ3n) is 2.74. The normalized spacial score (nSPS) is 9.95. The lowest BCUT2D eigenvalue weighted by atomic mass is 10.1. The number of anilines is 1. The maximum Gasteiger partial charge on any atom is 0.255 e. The molecule has 3 N–H and O–H groups in total. The standard InChI is InChI=1S/C15H14N2O2/c1-10-2-8-13(9-3-10)17-15(19)12-6-4-11(5-7-12)14(16)18/h2-9H,1H3,(H2,16,18)(H,17,19). The van der Waals surface area contributed by atoms with E-state index < -0.39 is 5.91 Å². The lowest BCUT2D eigenvalue weighted by molar-refractivity contribution is 0.0995. The van der Waals surface area contributed by atoms with Crippen LogP contribution in [0.15, 0.2) is 48.5 Å². The quantitative estimate of drug-likeness (QED) is 0.882. The van der Waals surface area contributed by atoms with Gasteiger partial charge in [0.2, 0.25) is 5.91 Å². The Kier molecular flexibility index (Phi) is 3.61. The molecule has 0 heterocycles. The highest BCUT2D eigenvalue weighted by molar-refractivity contribution is 6.05. The van der Waals surface area contributed by atoms with Crippen LogP contribution in [0.25, 0.3) is 0 Å². The summed E-state index contributed by atoms with van der Waals surface area (Å²) >= 11 is 0. The van der Waals surface area contributed by atoms with Gasteiger partial charge in [-0.1, -0.05) is 17.7 Å². The van der Waals surface area contributed by atoms with Gasteiger partial charge >= 0.3 is 0 Å². The number of aryl methyl sites for hydroxylation is 1. The number of carbonyl (C=O) groups is 2. The summed E-state index contributed by atoms with van der Waals surface area (Å²) in [7, 11) is 0. The first-order valence-electron chi connectivity index (χ1n) is 5.84. The molecule has 0 radical (unpaired) electrons. The molecule has 19 heavy (non-hydrogen) atoms. The molecule has 0 saturated carbocycles. The summed E-state index contributed by atoms with van der Waals surface area (Å²) in [5.74, 6) is -0.731. The molecule has 0 aliphatic rings. The Balaban J connectivity index is 2.11. The summed E-state index contributed by atoms with van der Waals surface area (Å²) < 4.78 is 0. The molecular formula is C15H14N2O2. The first-order chi connectivity index (χ1) is 9.06. The van der Waals surface area contributed by atoms with Crippen molar-refractivity contribution in [2.75, 3.05) is 5.32 Å². The molecule has 0 spiro atoms. The fraction of sp³-hybridized carbons (Fsp3) is 0.0667. The van der Waals surface area contributed by atoms with Crippen molar-refractivity contribution in [2.45, 2.75) is 6.92 Å². The topological polar surface area (TPSA) is 72.2 Å². The Labute approximate surface area is 111 Å². The van der Waals surface area contributed by atoms with Gasteiger partial charge < -0.3 is 11.1 Å². The molecule has 4 heteroatoms. The molecule has 0 bridgehead atoms. The van der Waals surface area contributed by atoms with E-state index in [1.807, 2.05) is 31.2 Å². The molecule has 0 fully saturated rings. The number of nitrogens with two attached hydrogens (primary N) is 1. The molecule has 96 valence electrons. The summed E-state index contributed by atoms with van der Waals surface area (Å²) in [5, 5.41) is 2.78. The predicted molar refractivity (Wildman–Crippen MR) is 74.1 cm³/mol. The fourth-order valence-electron chi connectivity index (χ4n) is 1.63. The predicted octanol–water partition coefficient (Wildman–Crippen LogP) is 2.35. The maximum atomic E-state index is 12.0. The molecule has 0 aromatic heterocycles. The molecule has 2 aromatic rings. The van der Waals surface area contributed by atoms with Crippen LogP contribution in [0.5, 0.6) is 0 Å². The van der Waals surface area contributed by atoms with Crippen LogP contribution < -0.4 is 11.1 Å². The van der Waals surface area contributed by atoms with Gasteiger partial charge in [0.15, 0.2) is 0 Å². The minimum Gasteiger partial charge on any atom is -0.366 e. The van der Waals surface area contributed by atoms with Crippen LogP contribution in [-0.4, -0.2) is 11.8 Å². The van der Waals surface area contributed by atoms with Crippen molar-refractivity contribution < 1.29 is 9.59 Å². The van der Waals surface area contributed by atoms with E-state index in [-0.39, 0.29) is 5.91 Å². The molecule has 0 saturated heterocycles. The summed E-state index contributed by atoms with van der Waals surface area (Å²) in [6, 6.07) is 13.7. The Bertz CT molecular complexity index is 601. The Morgan fingerprint density at radius 2 is 1.42 bits per heavy atom. The van der Waals surface area contributed by atoms with Crippen molar-refractivity contribution in [1.29, 1.82) is 0 Å². The zero-order chi connectivity index (χ0) is 13.8. The van der Waals surface area contributed by atoms with Crippen LogP contribution in [-0.2, 0) is 0 Å². The average molecular weight is 254 g/mol. The minimum absolute atomic E-state index is 0.222. The van der Waals surface area contributed by atoms with E-state index in [0.29, 0.717) is 11.1 Å². The molecular weight excluding hydrogens is 240 g/mol. The zero-order valence-corrected chi connectivity index (χ0v) is 10.5. The third-order valence-corrected chi connectivity index (χ3v) is 2.74.